The zero-order valence-corrected chi connectivity index (χ0v) is 12.3. The first kappa shape index (κ1) is 15.2. The molecule has 0 saturated heterocycles. The van der Waals surface area contributed by atoms with Crippen LogP contribution in [0.2, 0.25) is 0 Å². The summed E-state index contributed by atoms with van der Waals surface area (Å²) in [6, 6.07) is 6.17. The van der Waals surface area contributed by atoms with Crippen LogP contribution in [-0.4, -0.2) is 18.0 Å². The summed E-state index contributed by atoms with van der Waals surface area (Å²) in [6.45, 7) is 5.11. The maximum Gasteiger partial charge on any atom is 0.336 e. The highest BCUT2D eigenvalue weighted by atomic mass is 19.1. The number of allylic oxidation sites excluding steroid dienone is 1. The molecule has 1 aliphatic heterocycles. The molecule has 5 heteroatoms. The molecule has 0 aromatic heterocycles. The molecule has 1 amide bonds. The Kier molecular flexibility index (Phi) is 4.40. The molecule has 0 unspecified atom stereocenters. The lowest BCUT2D eigenvalue weighted by Gasteiger charge is -2.27. The molecule has 2 rings (SSSR count). The summed E-state index contributed by atoms with van der Waals surface area (Å²) in [5.41, 5.74) is 1.07. The van der Waals surface area contributed by atoms with Crippen LogP contribution in [0.15, 0.2) is 35.5 Å². The van der Waals surface area contributed by atoms with Gasteiger partial charge in [0.2, 0.25) is 5.91 Å². The van der Waals surface area contributed by atoms with Crippen LogP contribution < -0.4 is 5.32 Å². The Morgan fingerprint density at radius 2 is 2.05 bits per heavy atom. The summed E-state index contributed by atoms with van der Waals surface area (Å²) in [4.78, 5) is 24.0. The van der Waals surface area contributed by atoms with Crippen LogP contribution in [0.25, 0.3) is 0 Å². The van der Waals surface area contributed by atoms with Crippen molar-refractivity contribution in [2.75, 3.05) is 0 Å². The molecule has 1 heterocycles. The number of halogens is 1. The van der Waals surface area contributed by atoms with Gasteiger partial charge in [0.25, 0.3) is 0 Å². The van der Waals surface area contributed by atoms with E-state index in [0.717, 1.165) is 0 Å². The number of nitrogens with one attached hydrogen (secondary N) is 1. The number of carbonyl (C=O) groups excluding carboxylic acids is 2. The number of amides is 1. The van der Waals surface area contributed by atoms with Crippen LogP contribution in [-0.2, 0) is 14.3 Å². The van der Waals surface area contributed by atoms with E-state index >= 15 is 0 Å². The minimum atomic E-state index is -0.619. The van der Waals surface area contributed by atoms with Crippen molar-refractivity contribution in [2.24, 2.45) is 0 Å². The fourth-order valence-corrected chi connectivity index (χ4v) is 2.47. The molecule has 112 valence electrons. The predicted molar refractivity (Wildman–Crippen MR) is 75.8 cm³/mol. The van der Waals surface area contributed by atoms with E-state index in [0.29, 0.717) is 16.8 Å². The Hall–Kier alpha value is -2.17. The zero-order valence-electron chi connectivity index (χ0n) is 12.3. The van der Waals surface area contributed by atoms with E-state index in [-0.39, 0.29) is 18.4 Å². The maximum atomic E-state index is 14.0. The fourth-order valence-electron chi connectivity index (χ4n) is 2.47. The van der Waals surface area contributed by atoms with E-state index in [2.05, 4.69) is 5.32 Å². The highest BCUT2D eigenvalue weighted by Crippen LogP contribution is 2.34. The van der Waals surface area contributed by atoms with Gasteiger partial charge in [-0.25, -0.2) is 9.18 Å². The number of hydrogen-bond acceptors (Lipinski definition) is 3. The van der Waals surface area contributed by atoms with Gasteiger partial charge >= 0.3 is 5.97 Å². The normalized spacial score (nSPS) is 18.7. The molecule has 0 aliphatic carbocycles. The molecule has 1 N–H and O–H groups in total. The summed E-state index contributed by atoms with van der Waals surface area (Å²) in [6.07, 6.45) is -0.252. The van der Waals surface area contributed by atoms with Gasteiger partial charge in [0, 0.05) is 18.0 Å². The molecular formula is C16H18FNO3. The minimum Gasteiger partial charge on any atom is -0.460 e. The van der Waals surface area contributed by atoms with Crippen molar-refractivity contribution in [2.45, 2.75) is 39.2 Å². The number of ether oxygens (including phenoxy) is 1. The molecule has 1 aromatic rings. The highest BCUT2D eigenvalue weighted by molar-refractivity contribution is 5.95. The molecule has 0 spiro atoms. The molecule has 4 nitrogen and oxygen atoms in total. The van der Waals surface area contributed by atoms with Gasteiger partial charge in [0.15, 0.2) is 0 Å². The second-order valence-electron chi connectivity index (χ2n) is 5.32. The highest BCUT2D eigenvalue weighted by Gasteiger charge is 2.34. The number of rotatable bonds is 3. The Labute approximate surface area is 123 Å². The Morgan fingerprint density at radius 1 is 1.38 bits per heavy atom. The van der Waals surface area contributed by atoms with Crippen molar-refractivity contribution in [3.63, 3.8) is 0 Å². The van der Waals surface area contributed by atoms with E-state index in [9.17, 15) is 14.0 Å². The van der Waals surface area contributed by atoms with Gasteiger partial charge in [-0.3, -0.25) is 4.79 Å². The zero-order chi connectivity index (χ0) is 15.6. The van der Waals surface area contributed by atoms with E-state index < -0.39 is 17.7 Å². The maximum absolute atomic E-state index is 14.0. The van der Waals surface area contributed by atoms with Gasteiger partial charge in [0.05, 0.1) is 11.7 Å². The third-order valence-electron chi connectivity index (χ3n) is 3.31. The van der Waals surface area contributed by atoms with Crippen LogP contribution in [0.4, 0.5) is 4.39 Å². The van der Waals surface area contributed by atoms with Crippen molar-refractivity contribution in [1.29, 1.82) is 0 Å². The molecule has 0 radical (unpaired) electrons. The summed E-state index contributed by atoms with van der Waals surface area (Å²) >= 11 is 0. The molecule has 1 aromatic carbocycles. The number of benzene rings is 1. The average molecular weight is 291 g/mol. The molecular weight excluding hydrogens is 273 g/mol. The number of hydrogen-bond donors (Lipinski definition) is 1. The van der Waals surface area contributed by atoms with Crippen molar-refractivity contribution in [3.8, 4) is 0 Å². The standard InChI is InChI=1S/C16H18FNO3/c1-9(2)21-16(20)15-10(3)18-14(19)8-12(15)11-6-4-5-7-13(11)17/h4-7,9,12H,8H2,1-3H3,(H,18,19)/t12-/m1/s1. The summed E-state index contributed by atoms with van der Waals surface area (Å²) in [5.74, 6) is -1.80. The van der Waals surface area contributed by atoms with Gasteiger partial charge in [-0.2, -0.15) is 0 Å². The first-order valence-electron chi connectivity index (χ1n) is 6.86. The smallest absolute Gasteiger partial charge is 0.336 e. The summed E-state index contributed by atoms with van der Waals surface area (Å²) in [5, 5.41) is 2.62. The average Bonchev–Trinajstić information content (AvgIpc) is 2.37. The summed E-state index contributed by atoms with van der Waals surface area (Å²) in [7, 11) is 0. The van der Waals surface area contributed by atoms with E-state index in [1.54, 1.807) is 39.0 Å². The van der Waals surface area contributed by atoms with E-state index in [1.165, 1.54) is 6.07 Å². The molecule has 1 atom stereocenters. The van der Waals surface area contributed by atoms with Gasteiger partial charge in [0.1, 0.15) is 5.82 Å². The second-order valence-corrected chi connectivity index (χ2v) is 5.32. The SMILES string of the molecule is CC1=C(C(=O)OC(C)C)[C@@H](c2ccccc2F)CC(=O)N1. The Morgan fingerprint density at radius 3 is 2.67 bits per heavy atom. The first-order chi connectivity index (χ1) is 9.90. The van der Waals surface area contributed by atoms with Crippen LogP contribution in [0.1, 0.15) is 38.7 Å². The number of carbonyl (C=O) groups is 2. The van der Waals surface area contributed by atoms with Crippen molar-refractivity contribution >= 4 is 11.9 Å². The van der Waals surface area contributed by atoms with E-state index in [4.69, 9.17) is 4.74 Å². The Balaban J connectivity index is 2.46. The molecule has 21 heavy (non-hydrogen) atoms. The molecule has 0 saturated carbocycles. The van der Waals surface area contributed by atoms with Gasteiger partial charge in [-0.1, -0.05) is 18.2 Å². The third kappa shape index (κ3) is 3.29. The molecule has 0 bridgehead atoms. The fraction of sp³-hybridized carbons (Fsp3) is 0.375. The minimum absolute atomic E-state index is 0.0286. The molecule has 0 fully saturated rings. The van der Waals surface area contributed by atoms with Crippen molar-refractivity contribution < 1.29 is 18.7 Å². The van der Waals surface area contributed by atoms with Crippen LogP contribution in [0.5, 0.6) is 0 Å². The predicted octanol–water partition coefficient (Wildman–Crippen LogP) is 2.65. The van der Waals surface area contributed by atoms with Crippen molar-refractivity contribution in [3.05, 3.63) is 46.9 Å². The second kappa shape index (κ2) is 6.08. The number of esters is 1. The lowest BCUT2D eigenvalue weighted by molar-refractivity contribution is -0.143. The molecule has 1 aliphatic rings. The third-order valence-corrected chi connectivity index (χ3v) is 3.31. The quantitative estimate of drug-likeness (QED) is 0.871. The van der Waals surface area contributed by atoms with Crippen molar-refractivity contribution in [1.82, 2.24) is 5.32 Å². The van der Waals surface area contributed by atoms with Crippen LogP contribution in [0, 0.1) is 5.82 Å². The lowest BCUT2D eigenvalue weighted by atomic mass is 9.84. The van der Waals surface area contributed by atoms with Gasteiger partial charge in [-0.15, -0.1) is 0 Å². The summed E-state index contributed by atoms with van der Waals surface area (Å²) < 4.78 is 19.2. The Bertz CT molecular complexity index is 607. The largest absolute Gasteiger partial charge is 0.460 e. The first-order valence-corrected chi connectivity index (χ1v) is 6.86. The van der Waals surface area contributed by atoms with E-state index in [1.807, 2.05) is 0 Å². The van der Waals surface area contributed by atoms with Crippen LogP contribution >= 0.6 is 0 Å². The van der Waals surface area contributed by atoms with Gasteiger partial charge < -0.3 is 10.1 Å². The monoisotopic (exact) mass is 291 g/mol. The lowest BCUT2D eigenvalue weighted by Crippen LogP contribution is -2.35. The van der Waals surface area contributed by atoms with Gasteiger partial charge in [-0.05, 0) is 32.4 Å². The van der Waals surface area contributed by atoms with Crippen LogP contribution in [0.3, 0.4) is 0 Å². The topological polar surface area (TPSA) is 55.4 Å².